The molecule has 1 aliphatic heterocycles. The first kappa shape index (κ1) is 18.4. The predicted molar refractivity (Wildman–Crippen MR) is 91.2 cm³/mol. The van der Waals surface area contributed by atoms with E-state index in [2.05, 4.69) is 22.5 Å². The van der Waals surface area contributed by atoms with Crippen LogP contribution in [-0.4, -0.2) is 48.2 Å². The molecular weight excluding hydrogens is 308 g/mol. The zero-order valence-electron chi connectivity index (χ0n) is 14.7. The van der Waals surface area contributed by atoms with E-state index in [1.807, 2.05) is 4.57 Å². The quantitative estimate of drug-likeness (QED) is 0.670. The van der Waals surface area contributed by atoms with Crippen molar-refractivity contribution in [2.24, 2.45) is 0 Å². The molecule has 2 N–H and O–H groups in total. The van der Waals surface area contributed by atoms with Gasteiger partial charge in [0.1, 0.15) is 5.69 Å². The molecular formula is C17H28N4O3. The zero-order valence-corrected chi connectivity index (χ0v) is 14.7. The molecule has 0 radical (unpaired) electrons. The van der Waals surface area contributed by atoms with Gasteiger partial charge in [-0.1, -0.05) is 19.8 Å². The third-order valence-electron chi connectivity index (χ3n) is 4.19. The van der Waals surface area contributed by atoms with E-state index >= 15 is 0 Å². The lowest BCUT2D eigenvalue weighted by Gasteiger charge is -2.17. The van der Waals surface area contributed by atoms with Crippen LogP contribution in [0.3, 0.4) is 0 Å². The van der Waals surface area contributed by atoms with Crippen molar-refractivity contribution in [2.75, 3.05) is 26.8 Å². The molecule has 134 valence electrons. The number of hydrogen-bond acceptors (Lipinski definition) is 4. The topological polar surface area (TPSA) is 85.2 Å². The van der Waals surface area contributed by atoms with Crippen LogP contribution < -0.4 is 10.6 Å². The standard InChI is InChI=1S/C17H28N4O3/c1-3-4-6-9-18-16(22)14-13-8-5-7-11-21(13)15(20-14)17(23)19-10-12-24-2/h3-12H2,1-2H3,(H,18,22)(H,19,23). The minimum Gasteiger partial charge on any atom is -0.383 e. The monoisotopic (exact) mass is 336 g/mol. The number of nitrogens with zero attached hydrogens (tertiary/aromatic N) is 2. The number of carbonyl (C=O) groups is 2. The summed E-state index contributed by atoms with van der Waals surface area (Å²) in [5.41, 5.74) is 1.29. The Hall–Kier alpha value is -1.89. The Morgan fingerprint density at radius 3 is 2.71 bits per heavy atom. The van der Waals surface area contributed by atoms with Crippen LogP contribution in [0, 0.1) is 0 Å². The number of methoxy groups -OCH3 is 1. The van der Waals surface area contributed by atoms with E-state index in [1.165, 1.54) is 0 Å². The third kappa shape index (κ3) is 4.56. The molecule has 1 aromatic rings. The summed E-state index contributed by atoms with van der Waals surface area (Å²) in [5, 5.41) is 5.71. The number of unbranched alkanes of at least 4 members (excludes halogenated alkanes) is 2. The van der Waals surface area contributed by atoms with Gasteiger partial charge >= 0.3 is 0 Å². The van der Waals surface area contributed by atoms with Gasteiger partial charge in [0.25, 0.3) is 11.8 Å². The fraction of sp³-hybridized carbons (Fsp3) is 0.706. The van der Waals surface area contributed by atoms with E-state index < -0.39 is 0 Å². The second-order valence-electron chi connectivity index (χ2n) is 6.05. The summed E-state index contributed by atoms with van der Waals surface area (Å²) < 4.78 is 6.84. The van der Waals surface area contributed by atoms with Gasteiger partial charge in [0.15, 0.2) is 5.82 Å². The molecule has 0 saturated heterocycles. The summed E-state index contributed by atoms with van der Waals surface area (Å²) in [5.74, 6) is -0.0903. The van der Waals surface area contributed by atoms with Crippen LogP contribution in [0.4, 0.5) is 0 Å². The van der Waals surface area contributed by atoms with Crippen molar-refractivity contribution >= 4 is 11.8 Å². The van der Waals surface area contributed by atoms with Crippen molar-refractivity contribution in [1.82, 2.24) is 20.2 Å². The molecule has 0 aromatic carbocycles. The summed E-state index contributed by atoms with van der Waals surface area (Å²) in [7, 11) is 1.59. The normalized spacial score (nSPS) is 13.4. The Kier molecular flexibility index (Phi) is 7.24. The van der Waals surface area contributed by atoms with Crippen molar-refractivity contribution in [2.45, 2.75) is 52.0 Å². The number of aromatic nitrogens is 2. The van der Waals surface area contributed by atoms with Crippen LogP contribution in [0.2, 0.25) is 0 Å². The Morgan fingerprint density at radius 2 is 1.96 bits per heavy atom. The Bertz CT molecular complexity index is 568. The SMILES string of the molecule is CCCCCNC(=O)c1nc(C(=O)NCCOC)n2c1CCCC2. The highest BCUT2D eigenvalue weighted by molar-refractivity contribution is 5.97. The van der Waals surface area contributed by atoms with E-state index in [-0.39, 0.29) is 11.8 Å². The minimum atomic E-state index is -0.250. The maximum absolute atomic E-state index is 12.4. The van der Waals surface area contributed by atoms with Gasteiger partial charge in [0, 0.05) is 26.7 Å². The lowest BCUT2D eigenvalue weighted by Crippen LogP contribution is -2.30. The van der Waals surface area contributed by atoms with Crippen molar-refractivity contribution < 1.29 is 14.3 Å². The highest BCUT2D eigenvalue weighted by Gasteiger charge is 2.27. The van der Waals surface area contributed by atoms with Crippen molar-refractivity contribution in [1.29, 1.82) is 0 Å². The summed E-state index contributed by atoms with van der Waals surface area (Å²) >= 11 is 0. The number of fused-ring (bicyclic) bond motifs is 1. The molecule has 1 aromatic heterocycles. The van der Waals surface area contributed by atoms with Gasteiger partial charge < -0.3 is 19.9 Å². The first-order valence-corrected chi connectivity index (χ1v) is 8.83. The predicted octanol–water partition coefficient (Wildman–Crippen LogP) is 1.52. The first-order valence-electron chi connectivity index (χ1n) is 8.83. The maximum atomic E-state index is 12.4. The van der Waals surface area contributed by atoms with E-state index in [4.69, 9.17) is 4.74 Å². The van der Waals surface area contributed by atoms with Crippen molar-refractivity contribution in [3.63, 3.8) is 0 Å². The molecule has 0 atom stereocenters. The molecule has 7 nitrogen and oxygen atoms in total. The highest BCUT2D eigenvalue weighted by atomic mass is 16.5. The van der Waals surface area contributed by atoms with Crippen LogP contribution in [0.5, 0.6) is 0 Å². The number of carbonyl (C=O) groups excluding carboxylic acids is 2. The van der Waals surface area contributed by atoms with Gasteiger partial charge in [-0.15, -0.1) is 0 Å². The average molecular weight is 336 g/mol. The number of nitrogens with one attached hydrogen (secondary N) is 2. The van der Waals surface area contributed by atoms with Gasteiger partial charge in [-0.2, -0.15) is 0 Å². The van der Waals surface area contributed by atoms with Crippen molar-refractivity contribution in [3.05, 3.63) is 17.2 Å². The van der Waals surface area contributed by atoms with Crippen LogP contribution in [0.25, 0.3) is 0 Å². The second kappa shape index (κ2) is 9.42. The Balaban J connectivity index is 2.11. The zero-order chi connectivity index (χ0) is 17.4. The van der Waals surface area contributed by atoms with Gasteiger partial charge in [-0.25, -0.2) is 4.98 Å². The lowest BCUT2D eigenvalue weighted by atomic mass is 10.1. The number of amides is 2. The Labute approximate surface area is 143 Å². The molecule has 1 aliphatic rings. The third-order valence-corrected chi connectivity index (χ3v) is 4.19. The number of ether oxygens (including phenoxy) is 1. The summed E-state index contributed by atoms with van der Waals surface area (Å²) in [6.45, 7) is 4.38. The van der Waals surface area contributed by atoms with Crippen LogP contribution in [0.1, 0.15) is 65.8 Å². The molecule has 24 heavy (non-hydrogen) atoms. The number of imidazole rings is 1. The van der Waals surface area contributed by atoms with Crippen LogP contribution >= 0.6 is 0 Å². The first-order chi connectivity index (χ1) is 11.7. The number of rotatable bonds is 9. The molecule has 2 amide bonds. The van der Waals surface area contributed by atoms with E-state index in [9.17, 15) is 9.59 Å². The summed E-state index contributed by atoms with van der Waals surface area (Å²) in [6, 6.07) is 0. The van der Waals surface area contributed by atoms with Crippen LogP contribution in [-0.2, 0) is 17.7 Å². The van der Waals surface area contributed by atoms with Gasteiger partial charge in [-0.3, -0.25) is 9.59 Å². The van der Waals surface area contributed by atoms with Crippen LogP contribution in [0.15, 0.2) is 0 Å². The van der Waals surface area contributed by atoms with Crippen molar-refractivity contribution in [3.8, 4) is 0 Å². The maximum Gasteiger partial charge on any atom is 0.287 e. The van der Waals surface area contributed by atoms with Gasteiger partial charge in [0.2, 0.25) is 0 Å². The smallest absolute Gasteiger partial charge is 0.287 e. The summed E-state index contributed by atoms with van der Waals surface area (Å²) in [4.78, 5) is 29.1. The fourth-order valence-electron chi connectivity index (χ4n) is 2.90. The van der Waals surface area contributed by atoms with E-state index in [1.54, 1.807) is 7.11 Å². The molecule has 2 rings (SSSR count). The molecule has 0 aliphatic carbocycles. The average Bonchev–Trinajstić information content (AvgIpc) is 2.98. The van der Waals surface area contributed by atoms with E-state index in [0.717, 1.165) is 50.8 Å². The Morgan fingerprint density at radius 1 is 1.17 bits per heavy atom. The summed E-state index contributed by atoms with van der Waals surface area (Å²) in [6.07, 6.45) is 5.97. The van der Waals surface area contributed by atoms with E-state index in [0.29, 0.717) is 31.2 Å². The fourth-order valence-corrected chi connectivity index (χ4v) is 2.90. The largest absolute Gasteiger partial charge is 0.383 e. The van der Waals surface area contributed by atoms with Gasteiger partial charge in [-0.05, 0) is 25.7 Å². The highest BCUT2D eigenvalue weighted by Crippen LogP contribution is 2.21. The lowest BCUT2D eigenvalue weighted by molar-refractivity contribution is 0.0921. The second-order valence-corrected chi connectivity index (χ2v) is 6.05. The molecule has 7 heteroatoms. The molecule has 0 fully saturated rings. The molecule has 0 spiro atoms. The number of hydrogen-bond donors (Lipinski definition) is 2. The molecule has 0 saturated carbocycles. The molecule has 2 heterocycles. The minimum absolute atomic E-state index is 0.173. The van der Waals surface area contributed by atoms with Gasteiger partial charge in [0.05, 0.1) is 12.3 Å². The molecule has 0 bridgehead atoms. The molecule has 0 unspecified atom stereocenters.